The van der Waals surface area contributed by atoms with Gasteiger partial charge in [0.1, 0.15) is 0 Å². The summed E-state index contributed by atoms with van der Waals surface area (Å²) < 4.78 is 13.7. The van der Waals surface area contributed by atoms with Crippen LogP contribution < -0.4 is 10.5 Å². The van der Waals surface area contributed by atoms with E-state index in [9.17, 15) is 10.3 Å². The molecule has 6 nitrogen and oxygen atoms in total. The van der Waals surface area contributed by atoms with Gasteiger partial charge in [-0.3, -0.25) is 0 Å². The molecule has 0 aliphatic carbocycles. The summed E-state index contributed by atoms with van der Waals surface area (Å²) in [5.41, 5.74) is 9.61. The van der Waals surface area contributed by atoms with Crippen molar-refractivity contribution in [1.82, 2.24) is 0 Å². The van der Waals surface area contributed by atoms with Crippen molar-refractivity contribution in [2.45, 2.75) is 43.6 Å². The number of aliphatic hydroxyl groups is 1. The quantitative estimate of drug-likeness (QED) is 0.321. The number of aliphatic hydroxyl groups excluding tert-OH is 1. The van der Waals surface area contributed by atoms with Gasteiger partial charge in [0, 0.05) is 35.9 Å². The zero-order valence-electron chi connectivity index (χ0n) is 18.0. The zero-order valence-corrected chi connectivity index (χ0v) is 18.8. The third-order valence-corrected chi connectivity index (χ3v) is 6.90. The van der Waals surface area contributed by atoms with Crippen molar-refractivity contribution in [2.24, 2.45) is 11.7 Å². The summed E-state index contributed by atoms with van der Waals surface area (Å²) in [6, 6.07) is 21.2. The smallest absolute Gasteiger partial charge is 0.251 e. The molecule has 2 aromatic carbocycles. The molecule has 1 aromatic heterocycles. The second-order valence-electron chi connectivity index (χ2n) is 7.94. The van der Waals surface area contributed by atoms with Crippen molar-refractivity contribution in [3.63, 3.8) is 0 Å². The molecule has 32 heavy (non-hydrogen) atoms. The first-order chi connectivity index (χ1) is 15.6. The Labute approximate surface area is 192 Å². The van der Waals surface area contributed by atoms with Crippen LogP contribution in [0.4, 0.5) is 0 Å². The van der Waals surface area contributed by atoms with Gasteiger partial charge in [0.05, 0.1) is 18.8 Å². The monoisotopic (exact) mass is 452 g/mol. The molecule has 4 unspecified atom stereocenters. The van der Waals surface area contributed by atoms with Gasteiger partial charge in [0.15, 0.2) is 12.5 Å². The maximum atomic E-state index is 12.1. The van der Waals surface area contributed by atoms with Gasteiger partial charge in [-0.2, -0.15) is 4.73 Å². The Morgan fingerprint density at radius 1 is 0.969 bits per heavy atom. The van der Waals surface area contributed by atoms with Gasteiger partial charge in [-0.15, -0.1) is 0 Å². The zero-order chi connectivity index (χ0) is 22.5. The standard InChI is InChI=1S/C25H28N2O4S/c1-17-22(16-32-23-4-2-3-13-27(23)29)30-25(21-11-5-18(14-26)6-12-21)31-24(17)20-9-7-19(15-28)8-10-20/h2-13,17,22,24-25,28H,14-16,26H2,1H3. The van der Waals surface area contributed by atoms with E-state index in [-0.39, 0.29) is 24.7 Å². The molecule has 0 radical (unpaired) electrons. The van der Waals surface area contributed by atoms with Gasteiger partial charge < -0.3 is 25.5 Å². The summed E-state index contributed by atoms with van der Waals surface area (Å²) >= 11 is 1.48. The largest absolute Gasteiger partial charge is 0.618 e. The van der Waals surface area contributed by atoms with Gasteiger partial charge >= 0.3 is 0 Å². The van der Waals surface area contributed by atoms with Gasteiger partial charge in [-0.1, -0.05) is 67.2 Å². The Morgan fingerprint density at radius 3 is 2.31 bits per heavy atom. The van der Waals surface area contributed by atoms with Crippen LogP contribution in [0.2, 0.25) is 0 Å². The van der Waals surface area contributed by atoms with E-state index < -0.39 is 6.29 Å². The Hall–Kier alpha value is -2.42. The first kappa shape index (κ1) is 22.8. The average Bonchev–Trinajstić information content (AvgIpc) is 2.84. The van der Waals surface area contributed by atoms with Gasteiger partial charge in [-0.05, 0) is 22.8 Å². The lowest BCUT2D eigenvalue weighted by Gasteiger charge is -2.41. The van der Waals surface area contributed by atoms with Crippen LogP contribution in [0, 0.1) is 11.1 Å². The fourth-order valence-corrected chi connectivity index (χ4v) is 4.89. The predicted octanol–water partition coefficient (Wildman–Crippen LogP) is 3.85. The van der Waals surface area contributed by atoms with E-state index in [4.69, 9.17) is 15.2 Å². The Balaban J connectivity index is 1.59. The normalized spacial score (nSPS) is 23.2. The van der Waals surface area contributed by atoms with Crippen LogP contribution in [-0.2, 0) is 22.6 Å². The first-order valence-electron chi connectivity index (χ1n) is 10.7. The molecule has 4 atom stereocenters. The molecule has 3 aromatic rings. The van der Waals surface area contributed by atoms with Crippen molar-refractivity contribution >= 4 is 11.8 Å². The molecule has 3 N–H and O–H groups in total. The summed E-state index contributed by atoms with van der Waals surface area (Å²) in [7, 11) is 0. The van der Waals surface area contributed by atoms with E-state index in [1.165, 1.54) is 18.0 Å². The molecule has 1 aliphatic heterocycles. The highest BCUT2D eigenvalue weighted by Crippen LogP contribution is 2.42. The number of pyridine rings is 1. The molecule has 2 heterocycles. The number of nitrogens with two attached hydrogens (primary N) is 1. The molecule has 1 fully saturated rings. The Bertz CT molecular complexity index is 1010. The minimum atomic E-state index is -0.527. The molecule has 0 saturated carbocycles. The SMILES string of the molecule is CC1C(CSc2cccc[n+]2[O-])OC(c2ccc(CN)cc2)OC1c1ccc(CO)cc1. The first-order valence-corrected chi connectivity index (χ1v) is 11.7. The molecule has 1 aliphatic rings. The van der Waals surface area contributed by atoms with E-state index in [0.717, 1.165) is 27.0 Å². The summed E-state index contributed by atoms with van der Waals surface area (Å²) in [4.78, 5) is 0. The number of hydrogen-bond donors (Lipinski definition) is 2. The summed E-state index contributed by atoms with van der Waals surface area (Å²) in [6.07, 6.45) is 0.664. The minimum absolute atomic E-state index is 0.00607. The van der Waals surface area contributed by atoms with Crippen LogP contribution in [0.1, 0.15) is 41.6 Å². The fraction of sp³-hybridized carbons (Fsp3) is 0.320. The molecule has 0 bridgehead atoms. The summed E-state index contributed by atoms with van der Waals surface area (Å²) in [6.45, 7) is 2.60. The van der Waals surface area contributed by atoms with Crippen LogP contribution in [0.25, 0.3) is 0 Å². The molecule has 0 amide bonds. The van der Waals surface area contributed by atoms with E-state index in [2.05, 4.69) is 6.92 Å². The van der Waals surface area contributed by atoms with Crippen LogP contribution in [0.15, 0.2) is 78.0 Å². The maximum absolute atomic E-state index is 12.1. The number of aromatic nitrogens is 1. The van der Waals surface area contributed by atoms with Gasteiger partial charge in [0.25, 0.3) is 5.03 Å². The Morgan fingerprint density at radius 2 is 1.66 bits per heavy atom. The molecule has 7 heteroatoms. The number of rotatable bonds is 7. The van der Waals surface area contributed by atoms with Crippen molar-refractivity contribution < 1.29 is 19.3 Å². The predicted molar refractivity (Wildman–Crippen MR) is 123 cm³/mol. The summed E-state index contributed by atoms with van der Waals surface area (Å²) in [5, 5.41) is 22.1. The lowest BCUT2D eigenvalue weighted by molar-refractivity contribution is -0.645. The molecule has 1 saturated heterocycles. The third-order valence-electron chi connectivity index (χ3n) is 5.80. The van der Waals surface area contributed by atoms with Gasteiger partial charge in [-0.25, -0.2) is 0 Å². The second-order valence-corrected chi connectivity index (χ2v) is 8.98. The number of thioether (sulfide) groups is 1. The van der Waals surface area contributed by atoms with Crippen molar-refractivity contribution in [3.8, 4) is 0 Å². The molecular weight excluding hydrogens is 424 g/mol. The summed E-state index contributed by atoms with van der Waals surface area (Å²) in [5.74, 6) is 0.685. The lowest BCUT2D eigenvalue weighted by atomic mass is 9.91. The number of nitrogens with zero attached hydrogens (tertiary/aromatic N) is 1. The second kappa shape index (κ2) is 10.5. The number of ether oxygens (including phenoxy) is 2. The Kier molecular flexibility index (Phi) is 7.44. The van der Waals surface area contributed by atoms with E-state index in [1.807, 2.05) is 60.7 Å². The van der Waals surface area contributed by atoms with Gasteiger partial charge in [0.2, 0.25) is 0 Å². The van der Waals surface area contributed by atoms with E-state index in [0.29, 0.717) is 17.3 Å². The van der Waals surface area contributed by atoms with Crippen molar-refractivity contribution in [2.75, 3.05) is 5.75 Å². The topological polar surface area (TPSA) is 91.7 Å². The van der Waals surface area contributed by atoms with E-state index >= 15 is 0 Å². The highest BCUT2D eigenvalue weighted by atomic mass is 32.2. The number of benzene rings is 2. The molecule has 4 rings (SSSR count). The van der Waals surface area contributed by atoms with Crippen LogP contribution >= 0.6 is 11.8 Å². The third kappa shape index (κ3) is 5.14. The number of hydrogen-bond acceptors (Lipinski definition) is 6. The van der Waals surface area contributed by atoms with E-state index in [1.54, 1.807) is 6.07 Å². The lowest BCUT2D eigenvalue weighted by Crippen LogP contribution is -2.39. The molecule has 168 valence electrons. The molecule has 0 spiro atoms. The van der Waals surface area contributed by atoms with Crippen LogP contribution in [-0.4, -0.2) is 17.0 Å². The van der Waals surface area contributed by atoms with Crippen LogP contribution in [0.3, 0.4) is 0 Å². The maximum Gasteiger partial charge on any atom is 0.251 e. The fourth-order valence-electron chi connectivity index (χ4n) is 3.81. The van der Waals surface area contributed by atoms with Crippen molar-refractivity contribution in [3.05, 3.63) is 100 Å². The van der Waals surface area contributed by atoms with Crippen molar-refractivity contribution in [1.29, 1.82) is 0 Å². The minimum Gasteiger partial charge on any atom is -0.618 e. The van der Waals surface area contributed by atoms with Crippen LogP contribution in [0.5, 0.6) is 0 Å². The average molecular weight is 453 g/mol. The highest BCUT2D eigenvalue weighted by molar-refractivity contribution is 7.99. The highest BCUT2D eigenvalue weighted by Gasteiger charge is 2.38. The molecular formula is C25H28N2O4S.